The van der Waals surface area contributed by atoms with Gasteiger partial charge < -0.3 is 19.8 Å². The summed E-state index contributed by atoms with van der Waals surface area (Å²) in [5, 5.41) is 5.28. The molecule has 0 aliphatic heterocycles. The molecule has 1 aromatic carbocycles. The van der Waals surface area contributed by atoms with Crippen LogP contribution in [0, 0.1) is 0 Å². The lowest BCUT2D eigenvalue weighted by molar-refractivity contribution is -0.274. The predicted molar refractivity (Wildman–Crippen MR) is 94.5 cm³/mol. The molecule has 152 valence electrons. The predicted octanol–water partition coefficient (Wildman–Crippen LogP) is 2.93. The summed E-state index contributed by atoms with van der Waals surface area (Å²) in [6, 6.07) is 7.92. The SMILES string of the molecule is C[C@H](NC(=O)CN(C)CC(=O)Nc1ccc(OC(F)(F)F)cc1)c1ccco1. The lowest BCUT2D eigenvalue weighted by Gasteiger charge is -2.18. The first kappa shape index (κ1) is 21.3. The molecule has 7 nitrogen and oxygen atoms in total. The van der Waals surface area contributed by atoms with Crippen LogP contribution in [0.2, 0.25) is 0 Å². The first-order valence-electron chi connectivity index (χ1n) is 8.29. The molecule has 0 radical (unpaired) electrons. The zero-order chi connectivity index (χ0) is 20.7. The molecule has 2 N–H and O–H groups in total. The maximum atomic E-state index is 12.1. The second-order valence-electron chi connectivity index (χ2n) is 6.10. The van der Waals surface area contributed by atoms with E-state index >= 15 is 0 Å². The standard InChI is InChI=1S/C18H20F3N3O4/c1-12(15-4-3-9-27-15)22-16(25)10-24(2)11-17(26)23-13-5-7-14(8-6-13)28-18(19,20)21/h3-9,12H,10-11H2,1-2H3,(H,22,25)(H,23,26)/t12-/m0/s1. The van der Waals surface area contributed by atoms with Crippen molar-refractivity contribution in [3.8, 4) is 5.75 Å². The Labute approximate surface area is 159 Å². The average molecular weight is 399 g/mol. The van der Waals surface area contributed by atoms with Crippen LogP contribution in [-0.2, 0) is 9.59 Å². The van der Waals surface area contributed by atoms with Crippen LogP contribution in [0.4, 0.5) is 18.9 Å². The molecule has 0 saturated carbocycles. The number of likely N-dealkylation sites (N-methyl/N-ethyl adjacent to an activating group) is 1. The van der Waals surface area contributed by atoms with Crippen molar-refractivity contribution < 1.29 is 31.9 Å². The number of amides is 2. The zero-order valence-corrected chi connectivity index (χ0v) is 15.2. The second kappa shape index (κ2) is 9.27. The largest absolute Gasteiger partial charge is 0.573 e. The van der Waals surface area contributed by atoms with Gasteiger partial charge in [0.1, 0.15) is 11.5 Å². The van der Waals surface area contributed by atoms with Crippen molar-refractivity contribution in [2.75, 3.05) is 25.5 Å². The average Bonchev–Trinajstić information content (AvgIpc) is 3.09. The Bertz CT molecular complexity index is 776. The highest BCUT2D eigenvalue weighted by Crippen LogP contribution is 2.23. The minimum absolute atomic E-state index is 0.0170. The molecule has 0 unspecified atom stereocenters. The summed E-state index contributed by atoms with van der Waals surface area (Å²) in [5.74, 6) is -0.469. The van der Waals surface area contributed by atoms with Gasteiger partial charge in [-0.15, -0.1) is 13.2 Å². The number of alkyl halides is 3. The summed E-state index contributed by atoms with van der Waals surface area (Å²) in [4.78, 5) is 25.5. The maximum Gasteiger partial charge on any atom is 0.573 e. The van der Waals surface area contributed by atoms with Crippen molar-refractivity contribution in [3.63, 3.8) is 0 Å². The van der Waals surface area contributed by atoms with Gasteiger partial charge in [0.15, 0.2) is 0 Å². The van der Waals surface area contributed by atoms with Crippen molar-refractivity contribution in [1.82, 2.24) is 10.2 Å². The quantitative estimate of drug-likeness (QED) is 0.713. The van der Waals surface area contributed by atoms with Gasteiger partial charge in [-0.1, -0.05) is 0 Å². The fourth-order valence-electron chi connectivity index (χ4n) is 2.38. The Morgan fingerprint density at radius 2 is 1.79 bits per heavy atom. The number of benzene rings is 1. The Kier molecular flexibility index (Phi) is 7.05. The van der Waals surface area contributed by atoms with Gasteiger partial charge in [0.05, 0.1) is 25.4 Å². The van der Waals surface area contributed by atoms with Crippen LogP contribution in [0.25, 0.3) is 0 Å². The maximum absolute atomic E-state index is 12.1. The number of halogens is 3. The monoisotopic (exact) mass is 399 g/mol. The fourth-order valence-corrected chi connectivity index (χ4v) is 2.38. The molecule has 10 heteroatoms. The molecule has 28 heavy (non-hydrogen) atoms. The van der Waals surface area contributed by atoms with Crippen LogP contribution in [0.5, 0.6) is 5.75 Å². The van der Waals surface area contributed by atoms with E-state index in [2.05, 4.69) is 15.4 Å². The number of ether oxygens (including phenoxy) is 1. The Balaban J connectivity index is 1.76. The molecule has 0 bridgehead atoms. The molecule has 2 aromatic rings. The molecule has 0 aliphatic carbocycles. The molecule has 1 aromatic heterocycles. The lowest BCUT2D eigenvalue weighted by atomic mass is 10.2. The van der Waals surface area contributed by atoms with Crippen LogP contribution >= 0.6 is 0 Å². The van der Waals surface area contributed by atoms with Gasteiger partial charge >= 0.3 is 6.36 Å². The minimum atomic E-state index is -4.78. The van der Waals surface area contributed by atoms with Gasteiger partial charge in [-0.05, 0) is 50.4 Å². The lowest BCUT2D eigenvalue weighted by Crippen LogP contribution is -2.39. The van der Waals surface area contributed by atoms with Crippen molar-refractivity contribution in [3.05, 3.63) is 48.4 Å². The highest BCUT2D eigenvalue weighted by Gasteiger charge is 2.31. The summed E-state index contributed by atoms with van der Waals surface area (Å²) < 4.78 is 45.3. The Morgan fingerprint density at radius 1 is 1.14 bits per heavy atom. The summed E-state index contributed by atoms with van der Waals surface area (Å²) in [7, 11) is 1.59. The first-order valence-corrected chi connectivity index (χ1v) is 8.29. The van der Waals surface area contributed by atoms with Gasteiger partial charge in [-0.3, -0.25) is 14.5 Å². The van der Waals surface area contributed by atoms with Crippen molar-refractivity contribution in [2.45, 2.75) is 19.3 Å². The van der Waals surface area contributed by atoms with E-state index < -0.39 is 12.3 Å². The highest BCUT2D eigenvalue weighted by atomic mass is 19.4. The van der Waals surface area contributed by atoms with Gasteiger partial charge in [0.2, 0.25) is 11.8 Å². The molecular weight excluding hydrogens is 379 g/mol. The van der Waals surface area contributed by atoms with Crippen molar-refractivity contribution in [1.29, 1.82) is 0 Å². The van der Waals surface area contributed by atoms with Gasteiger partial charge in [0, 0.05) is 5.69 Å². The normalized spacial score (nSPS) is 12.5. The molecule has 2 rings (SSSR count). The first-order chi connectivity index (χ1) is 13.1. The molecule has 0 fully saturated rings. The smallest absolute Gasteiger partial charge is 0.467 e. The van der Waals surface area contributed by atoms with Crippen LogP contribution in [0.1, 0.15) is 18.7 Å². The van der Waals surface area contributed by atoms with E-state index in [9.17, 15) is 22.8 Å². The number of rotatable bonds is 8. The van der Waals surface area contributed by atoms with E-state index in [0.29, 0.717) is 11.4 Å². The Hall–Kier alpha value is -3.01. The molecular formula is C18H20F3N3O4. The molecule has 0 spiro atoms. The number of carbonyl (C=O) groups is 2. The van der Waals surface area contributed by atoms with E-state index in [1.165, 1.54) is 23.3 Å². The molecule has 1 atom stereocenters. The van der Waals surface area contributed by atoms with Crippen molar-refractivity contribution in [2.24, 2.45) is 0 Å². The topological polar surface area (TPSA) is 83.8 Å². The third-order valence-corrected chi connectivity index (χ3v) is 3.55. The number of carbonyl (C=O) groups excluding carboxylic acids is 2. The van der Waals surface area contributed by atoms with Gasteiger partial charge in [0.25, 0.3) is 0 Å². The van der Waals surface area contributed by atoms with Crippen LogP contribution in [-0.4, -0.2) is 43.2 Å². The van der Waals surface area contributed by atoms with Crippen LogP contribution in [0.3, 0.4) is 0 Å². The molecule has 2 amide bonds. The number of hydrogen-bond donors (Lipinski definition) is 2. The number of nitrogens with one attached hydrogen (secondary N) is 2. The van der Waals surface area contributed by atoms with Crippen LogP contribution < -0.4 is 15.4 Å². The van der Waals surface area contributed by atoms with Gasteiger partial charge in [-0.25, -0.2) is 0 Å². The number of furan rings is 1. The minimum Gasteiger partial charge on any atom is -0.467 e. The van der Waals surface area contributed by atoms with E-state index in [0.717, 1.165) is 12.1 Å². The van der Waals surface area contributed by atoms with Crippen LogP contribution in [0.15, 0.2) is 47.1 Å². The highest BCUT2D eigenvalue weighted by molar-refractivity contribution is 5.92. The van der Waals surface area contributed by atoms with E-state index in [1.54, 1.807) is 26.1 Å². The summed E-state index contributed by atoms with van der Waals surface area (Å²) in [6.07, 6.45) is -3.27. The zero-order valence-electron chi connectivity index (χ0n) is 15.2. The van der Waals surface area contributed by atoms with Crippen molar-refractivity contribution >= 4 is 17.5 Å². The molecule has 0 saturated heterocycles. The second-order valence-corrected chi connectivity index (χ2v) is 6.10. The third-order valence-electron chi connectivity index (χ3n) is 3.55. The summed E-state index contributed by atoms with van der Waals surface area (Å²) >= 11 is 0. The van der Waals surface area contributed by atoms with Gasteiger partial charge in [-0.2, -0.15) is 0 Å². The van der Waals surface area contributed by atoms with E-state index in [4.69, 9.17) is 4.42 Å². The number of hydrogen-bond acceptors (Lipinski definition) is 5. The molecule has 0 aliphatic rings. The van der Waals surface area contributed by atoms with E-state index in [1.807, 2.05) is 0 Å². The molecule has 1 heterocycles. The summed E-state index contributed by atoms with van der Waals surface area (Å²) in [6.45, 7) is 1.68. The Morgan fingerprint density at radius 3 is 2.36 bits per heavy atom. The third kappa shape index (κ3) is 7.31. The van der Waals surface area contributed by atoms with E-state index in [-0.39, 0.29) is 30.8 Å². The fraction of sp³-hybridized carbons (Fsp3) is 0.333. The summed E-state index contributed by atoms with van der Waals surface area (Å²) in [5.41, 5.74) is 0.309. The number of nitrogens with zero attached hydrogens (tertiary/aromatic N) is 1. The number of anilines is 1.